The molecule has 2 saturated heterocycles. The van der Waals surface area contributed by atoms with Crippen LogP contribution >= 0.6 is 0 Å². The average molecular weight is 623 g/mol. The first-order valence-electron chi connectivity index (χ1n) is 16.1. The van der Waals surface area contributed by atoms with Gasteiger partial charge in [0.05, 0.1) is 29.9 Å². The summed E-state index contributed by atoms with van der Waals surface area (Å²) in [6.07, 6.45) is 9.33. The minimum atomic E-state index is -4.70. The molecule has 11 heteroatoms. The normalized spacial score (nSPS) is 21.2. The highest BCUT2D eigenvalue weighted by molar-refractivity contribution is 5.83. The smallest absolute Gasteiger partial charge is 0.421 e. The Morgan fingerprint density at radius 3 is 2.47 bits per heavy atom. The molecule has 0 bridgehead atoms. The molecular formula is C34H38F4N6O. The summed E-state index contributed by atoms with van der Waals surface area (Å²) < 4.78 is 67.1. The number of nitrogens with zero attached hydrogens (tertiary/aromatic N) is 6. The van der Waals surface area contributed by atoms with Gasteiger partial charge in [0, 0.05) is 37.0 Å². The van der Waals surface area contributed by atoms with Crippen LogP contribution in [0.2, 0.25) is 0 Å². The van der Waals surface area contributed by atoms with Gasteiger partial charge in [0.15, 0.2) is 11.7 Å². The third kappa shape index (κ3) is 6.68. The molecule has 0 atom stereocenters. The number of rotatable bonds is 8. The molecule has 238 valence electrons. The predicted molar refractivity (Wildman–Crippen MR) is 164 cm³/mol. The monoisotopic (exact) mass is 622 g/mol. The molecule has 3 aromatic rings. The van der Waals surface area contributed by atoms with Crippen molar-refractivity contribution in [1.29, 1.82) is 0 Å². The molecule has 4 fully saturated rings. The Balaban J connectivity index is 1.25. The van der Waals surface area contributed by atoms with Crippen LogP contribution in [0, 0.1) is 11.3 Å². The van der Waals surface area contributed by atoms with Gasteiger partial charge in [-0.15, -0.1) is 0 Å². The first kappa shape index (κ1) is 30.1. The quantitative estimate of drug-likeness (QED) is 0.242. The van der Waals surface area contributed by atoms with Crippen molar-refractivity contribution in [2.75, 3.05) is 37.6 Å². The molecule has 45 heavy (non-hydrogen) atoms. The second-order valence-electron chi connectivity index (χ2n) is 13.2. The molecule has 0 radical (unpaired) electrons. The van der Waals surface area contributed by atoms with Gasteiger partial charge in [-0.25, -0.2) is 14.4 Å². The summed E-state index contributed by atoms with van der Waals surface area (Å²) in [4.78, 5) is 12.8. The minimum absolute atomic E-state index is 0.0107. The zero-order chi connectivity index (χ0) is 31.0. The summed E-state index contributed by atoms with van der Waals surface area (Å²) in [7, 11) is 0. The zero-order valence-electron chi connectivity index (χ0n) is 25.3. The van der Waals surface area contributed by atoms with E-state index in [4.69, 9.17) is 4.74 Å². The van der Waals surface area contributed by atoms with E-state index in [9.17, 15) is 0 Å². The summed E-state index contributed by atoms with van der Waals surface area (Å²) in [6.45, 7) is 4.05. The van der Waals surface area contributed by atoms with E-state index in [-0.39, 0.29) is 34.3 Å². The van der Waals surface area contributed by atoms with Crippen LogP contribution in [0.15, 0.2) is 42.9 Å². The summed E-state index contributed by atoms with van der Waals surface area (Å²) in [5.74, 6) is -0.398. The first-order chi connectivity index (χ1) is 21.8. The van der Waals surface area contributed by atoms with E-state index < -0.39 is 17.6 Å². The third-order valence-corrected chi connectivity index (χ3v) is 9.94. The van der Waals surface area contributed by atoms with Crippen LogP contribution in [0.1, 0.15) is 74.7 Å². The Labute approximate surface area is 260 Å². The van der Waals surface area contributed by atoms with Crippen LogP contribution in [0.25, 0.3) is 23.2 Å². The highest BCUT2D eigenvalue weighted by atomic mass is 19.4. The van der Waals surface area contributed by atoms with Crippen molar-refractivity contribution < 1.29 is 22.3 Å². The molecule has 4 aliphatic rings. The fourth-order valence-electron chi connectivity index (χ4n) is 7.05. The molecule has 7 rings (SSSR count). The van der Waals surface area contributed by atoms with E-state index in [1.165, 1.54) is 37.5 Å². The number of piperidine rings is 2. The lowest BCUT2D eigenvalue weighted by molar-refractivity contribution is -0.139. The Kier molecular flexibility index (Phi) is 8.22. The van der Waals surface area contributed by atoms with Crippen LogP contribution in [0.3, 0.4) is 0 Å². The lowest BCUT2D eigenvalue weighted by Crippen LogP contribution is -2.50. The van der Waals surface area contributed by atoms with Crippen LogP contribution in [0.4, 0.5) is 23.2 Å². The number of likely N-dealkylation sites (tertiary alicyclic amines) is 1. The molecule has 0 unspecified atom stereocenters. The molecule has 2 saturated carbocycles. The van der Waals surface area contributed by atoms with E-state index in [0.29, 0.717) is 24.3 Å². The second kappa shape index (κ2) is 12.3. The molecule has 0 amide bonds. The van der Waals surface area contributed by atoms with Gasteiger partial charge >= 0.3 is 6.18 Å². The number of halogens is 4. The molecule has 4 heterocycles. The van der Waals surface area contributed by atoms with Gasteiger partial charge in [-0.1, -0.05) is 0 Å². The van der Waals surface area contributed by atoms with Crippen molar-refractivity contribution in [1.82, 2.24) is 25.1 Å². The van der Waals surface area contributed by atoms with Gasteiger partial charge in [0.1, 0.15) is 11.3 Å². The summed E-state index contributed by atoms with van der Waals surface area (Å²) in [5.41, 5.74) is 0.302. The Bertz CT molecular complexity index is 1530. The van der Waals surface area contributed by atoms with Gasteiger partial charge in [0.2, 0.25) is 0 Å². The molecule has 2 aliphatic carbocycles. The van der Waals surface area contributed by atoms with Crippen molar-refractivity contribution in [2.45, 2.75) is 70.1 Å². The second-order valence-corrected chi connectivity index (χ2v) is 13.2. The van der Waals surface area contributed by atoms with E-state index in [1.54, 1.807) is 18.2 Å². The number of hydrogen-bond donors (Lipinski definition) is 0. The highest BCUT2D eigenvalue weighted by Crippen LogP contribution is 2.50. The van der Waals surface area contributed by atoms with Crippen LogP contribution in [0.5, 0.6) is 5.75 Å². The van der Waals surface area contributed by atoms with E-state index in [2.05, 4.69) is 25.1 Å². The van der Waals surface area contributed by atoms with Crippen LogP contribution in [-0.2, 0) is 6.18 Å². The number of alkyl halides is 3. The van der Waals surface area contributed by atoms with Crippen molar-refractivity contribution in [2.24, 2.45) is 11.3 Å². The van der Waals surface area contributed by atoms with Crippen molar-refractivity contribution in [3.8, 4) is 17.0 Å². The van der Waals surface area contributed by atoms with E-state index in [1.807, 2.05) is 4.90 Å². The lowest BCUT2D eigenvalue weighted by Gasteiger charge is -2.49. The van der Waals surface area contributed by atoms with Gasteiger partial charge in [0.25, 0.3) is 0 Å². The molecule has 2 aromatic heterocycles. The number of ether oxygens (including phenoxy) is 1. The number of benzene rings is 1. The lowest BCUT2D eigenvalue weighted by atomic mass is 9.72. The standard InChI is InChI=1S/C34H38F4N6O/c35-27(32-39-14-10-28(42-32)25-9-15-40-41-20-25)19-24-7-8-29(45-26-3-1-4-26)30(34(36,37)38)31(24)44-16-2-11-33(22-44)12-17-43(18-13-33)21-23-5-6-23/h7-10,14-15,19-20,23,26H,1-6,11-13,16-18,21-22H2/b27-19-. The van der Waals surface area contributed by atoms with Crippen molar-refractivity contribution >= 4 is 17.6 Å². The zero-order valence-corrected chi connectivity index (χ0v) is 25.3. The number of hydrogen-bond acceptors (Lipinski definition) is 7. The first-order valence-corrected chi connectivity index (χ1v) is 16.1. The SMILES string of the molecule is F/C(=C\c1ccc(OC2CCC2)c(C(F)(F)F)c1N1CCCC2(CCN(CC3CC3)CC2)C1)c1nccc(-c2ccnnc2)n1. The van der Waals surface area contributed by atoms with Gasteiger partial charge in [-0.2, -0.15) is 23.4 Å². The topological polar surface area (TPSA) is 67.3 Å². The number of aromatic nitrogens is 4. The molecule has 1 aromatic carbocycles. The maximum atomic E-state index is 15.9. The van der Waals surface area contributed by atoms with Crippen LogP contribution < -0.4 is 9.64 Å². The van der Waals surface area contributed by atoms with Gasteiger partial charge in [-0.3, -0.25) is 0 Å². The molecule has 1 spiro atoms. The fraction of sp³-hybridized carbons (Fsp3) is 0.529. The van der Waals surface area contributed by atoms with E-state index >= 15 is 17.6 Å². The van der Waals surface area contributed by atoms with Crippen molar-refractivity contribution in [3.63, 3.8) is 0 Å². The third-order valence-electron chi connectivity index (χ3n) is 9.94. The fourth-order valence-corrected chi connectivity index (χ4v) is 7.05. The highest BCUT2D eigenvalue weighted by Gasteiger charge is 2.44. The minimum Gasteiger partial charge on any atom is -0.490 e. The average Bonchev–Trinajstić information content (AvgIpc) is 3.85. The summed E-state index contributed by atoms with van der Waals surface area (Å²) in [5, 5.41) is 7.61. The Morgan fingerprint density at radius 2 is 1.78 bits per heavy atom. The maximum Gasteiger partial charge on any atom is 0.421 e. The Morgan fingerprint density at radius 1 is 0.956 bits per heavy atom. The summed E-state index contributed by atoms with van der Waals surface area (Å²) >= 11 is 0. The predicted octanol–water partition coefficient (Wildman–Crippen LogP) is 7.44. The summed E-state index contributed by atoms with van der Waals surface area (Å²) in [6, 6.07) is 6.21. The van der Waals surface area contributed by atoms with Crippen molar-refractivity contribution in [3.05, 3.63) is 59.8 Å². The largest absolute Gasteiger partial charge is 0.490 e. The maximum absolute atomic E-state index is 15.9. The Hall–Kier alpha value is -3.60. The molecule has 2 aliphatic heterocycles. The number of anilines is 1. The van der Waals surface area contributed by atoms with Gasteiger partial charge in [-0.05, 0) is 113 Å². The van der Waals surface area contributed by atoms with E-state index in [0.717, 1.165) is 76.6 Å². The molecule has 0 N–H and O–H groups in total. The van der Waals surface area contributed by atoms with Gasteiger partial charge < -0.3 is 14.5 Å². The molecule has 7 nitrogen and oxygen atoms in total. The van der Waals surface area contributed by atoms with Crippen LogP contribution in [-0.4, -0.2) is 63.9 Å². The molecular weight excluding hydrogens is 584 g/mol.